The number of carbonyl (C=O) groups is 2. The van der Waals surface area contributed by atoms with Crippen LogP contribution in [-0.2, 0) is 16.1 Å². The molecule has 0 unspecified atom stereocenters. The minimum Gasteiger partial charge on any atom is -0.462 e. The van der Waals surface area contributed by atoms with Crippen molar-refractivity contribution in [3.05, 3.63) is 46.7 Å². The molecular weight excluding hydrogens is 366 g/mol. The summed E-state index contributed by atoms with van der Waals surface area (Å²) in [5.41, 5.74) is 1.89. The fourth-order valence-electron chi connectivity index (χ4n) is 2.23. The van der Waals surface area contributed by atoms with E-state index in [0.717, 1.165) is 18.4 Å². The van der Waals surface area contributed by atoms with Gasteiger partial charge in [0.2, 0.25) is 11.7 Å². The molecule has 1 amide bonds. The lowest BCUT2D eigenvalue weighted by atomic mass is 10.2. The van der Waals surface area contributed by atoms with Crippen LogP contribution in [0.15, 0.2) is 41.1 Å². The quantitative estimate of drug-likeness (QED) is 0.473. The molecule has 2 aromatic heterocycles. The maximum atomic E-state index is 12.1. The summed E-state index contributed by atoms with van der Waals surface area (Å²) in [5, 5.41) is 18.6. The number of rotatable bonds is 8. The van der Waals surface area contributed by atoms with Crippen LogP contribution < -0.4 is 5.32 Å². The molecule has 0 atom stereocenters. The van der Waals surface area contributed by atoms with Gasteiger partial charge in [-0.25, -0.2) is 4.79 Å². The molecule has 1 aromatic carbocycles. The molecule has 27 heavy (non-hydrogen) atoms. The van der Waals surface area contributed by atoms with Gasteiger partial charge in [0, 0.05) is 16.6 Å². The number of unbranched alkanes of at least 4 members (excludes halogenated alkanes) is 1. The van der Waals surface area contributed by atoms with Gasteiger partial charge in [-0.3, -0.25) is 4.79 Å². The Morgan fingerprint density at radius 3 is 2.74 bits per heavy atom. The molecule has 0 bridgehead atoms. The third kappa shape index (κ3) is 5.20. The van der Waals surface area contributed by atoms with E-state index >= 15 is 0 Å². The molecule has 1 N–H and O–H groups in total. The van der Waals surface area contributed by atoms with Crippen molar-refractivity contribution in [3.63, 3.8) is 0 Å². The average molecular weight is 385 g/mol. The van der Waals surface area contributed by atoms with Gasteiger partial charge >= 0.3 is 5.97 Å². The van der Waals surface area contributed by atoms with Gasteiger partial charge in [0.25, 0.3) is 0 Å². The predicted octanol–water partition coefficient (Wildman–Crippen LogP) is 3.00. The highest BCUT2D eigenvalue weighted by molar-refractivity contribution is 7.08. The number of anilines is 1. The highest BCUT2D eigenvalue weighted by Gasteiger charge is 2.11. The molecule has 3 rings (SSSR count). The Balaban J connectivity index is 1.53. The number of benzene rings is 1. The van der Waals surface area contributed by atoms with Crippen LogP contribution in [0.2, 0.25) is 0 Å². The van der Waals surface area contributed by atoms with E-state index in [4.69, 9.17) is 4.74 Å². The normalized spacial score (nSPS) is 10.6. The Kier molecular flexibility index (Phi) is 6.26. The first-order valence-corrected chi connectivity index (χ1v) is 9.47. The van der Waals surface area contributed by atoms with Gasteiger partial charge in [0.05, 0.1) is 12.2 Å². The number of esters is 1. The Morgan fingerprint density at radius 1 is 1.22 bits per heavy atom. The second kappa shape index (κ2) is 9.04. The Hall–Kier alpha value is -3.07. The number of tetrazole rings is 1. The Morgan fingerprint density at radius 2 is 2.04 bits per heavy atom. The van der Waals surface area contributed by atoms with Gasteiger partial charge < -0.3 is 10.1 Å². The Labute approximate surface area is 160 Å². The van der Waals surface area contributed by atoms with E-state index in [1.54, 1.807) is 24.3 Å². The van der Waals surface area contributed by atoms with Crippen LogP contribution in [0.25, 0.3) is 11.4 Å². The van der Waals surface area contributed by atoms with Crippen LogP contribution in [0.3, 0.4) is 0 Å². The van der Waals surface area contributed by atoms with Gasteiger partial charge in [0.15, 0.2) is 0 Å². The third-order valence-electron chi connectivity index (χ3n) is 3.65. The zero-order valence-electron chi connectivity index (χ0n) is 14.8. The van der Waals surface area contributed by atoms with Crippen molar-refractivity contribution in [2.45, 2.75) is 26.3 Å². The molecule has 2 heterocycles. The number of hydrogen-bond acceptors (Lipinski definition) is 7. The summed E-state index contributed by atoms with van der Waals surface area (Å²) in [4.78, 5) is 25.2. The molecule has 0 saturated heterocycles. The van der Waals surface area contributed by atoms with Crippen LogP contribution in [0.1, 0.15) is 30.1 Å². The fraction of sp³-hybridized carbons (Fsp3) is 0.278. The van der Waals surface area contributed by atoms with Crippen molar-refractivity contribution < 1.29 is 14.3 Å². The topological polar surface area (TPSA) is 99.0 Å². The van der Waals surface area contributed by atoms with E-state index in [9.17, 15) is 9.59 Å². The van der Waals surface area contributed by atoms with Gasteiger partial charge in [-0.2, -0.15) is 16.1 Å². The minimum atomic E-state index is -0.367. The number of amides is 1. The van der Waals surface area contributed by atoms with Crippen LogP contribution in [0.4, 0.5) is 5.69 Å². The molecule has 8 nitrogen and oxygen atoms in total. The highest BCUT2D eigenvalue weighted by Crippen LogP contribution is 2.16. The molecule has 0 fully saturated rings. The number of hydrogen-bond donors (Lipinski definition) is 1. The van der Waals surface area contributed by atoms with E-state index in [-0.39, 0.29) is 18.4 Å². The highest BCUT2D eigenvalue weighted by atomic mass is 32.1. The van der Waals surface area contributed by atoms with Crippen LogP contribution >= 0.6 is 11.3 Å². The summed E-state index contributed by atoms with van der Waals surface area (Å²) in [6, 6.07) is 8.43. The van der Waals surface area contributed by atoms with Gasteiger partial charge in [-0.05, 0) is 47.3 Å². The molecule has 140 valence electrons. The van der Waals surface area contributed by atoms with Crippen molar-refractivity contribution in [2.75, 3.05) is 11.9 Å². The number of nitrogens with one attached hydrogen (secondary N) is 1. The monoisotopic (exact) mass is 385 g/mol. The van der Waals surface area contributed by atoms with Crippen LogP contribution in [0, 0.1) is 0 Å². The summed E-state index contributed by atoms with van der Waals surface area (Å²) >= 11 is 1.54. The maximum Gasteiger partial charge on any atom is 0.338 e. The van der Waals surface area contributed by atoms with Crippen molar-refractivity contribution >= 4 is 28.9 Å². The largest absolute Gasteiger partial charge is 0.462 e. The lowest BCUT2D eigenvalue weighted by Crippen LogP contribution is -2.20. The molecule has 0 radical (unpaired) electrons. The molecule has 0 aliphatic rings. The number of thiophene rings is 1. The first-order chi connectivity index (χ1) is 13.2. The lowest BCUT2D eigenvalue weighted by Gasteiger charge is -2.06. The summed E-state index contributed by atoms with van der Waals surface area (Å²) in [5.74, 6) is -0.174. The Bertz CT molecular complexity index is 890. The number of nitrogens with zero attached hydrogens (tertiary/aromatic N) is 4. The summed E-state index contributed by atoms with van der Waals surface area (Å²) < 4.78 is 5.15. The smallest absolute Gasteiger partial charge is 0.338 e. The van der Waals surface area contributed by atoms with Crippen molar-refractivity contribution in [1.29, 1.82) is 0 Å². The number of aromatic nitrogens is 4. The lowest BCUT2D eigenvalue weighted by molar-refractivity contribution is -0.117. The molecule has 0 spiro atoms. The van der Waals surface area contributed by atoms with Gasteiger partial charge in [0.1, 0.15) is 6.54 Å². The molecule has 9 heteroatoms. The number of ether oxygens (including phenoxy) is 1. The maximum absolute atomic E-state index is 12.1. The average Bonchev–Trinajstić information content (AvgIpc) is 3.34. The molecule has 0 aliphatic carbocycles. The van der Waals surface area contributed by atoms with E-state index < -0.39 is 0 Å². The number of carbonyl (C=O) groups excluding carboxylic acids is 2. The van der Waals surface area contributed by atoms with Crippen LogP contribution in [0.5, 0.6) is 0 Å². The second-order valence-corrected chi connectivity index (χ2v) is 6.55. The summed E-state index contributed by atoms with van der Waals surface area (Å²) in [7, 11) is 0. The van der Waals surface area contributed by atoms with E-state index in [1.165, 1.54) is 16.1 Å². The molecular formula is C18H19N5O3S. The molecule has 0 aliphatic heterocycles. The first kappa shape index (κ1) is 18.7. The first-order valence-electron chi connectivity index (χ1n) is 8.53. The standard InChI is InChI=1S/C18H19N5O3S/c1-2-3-9-26-18(25)13-4-6-15(7-5-13)19-16(24)11-23-21-17(20-22-23)14-8-10-27-12-14/h4-8,10,12H,2-3,9,11H2,1H3,(H,19,24). The zero-order valence-corrected chi connectivity index (χ0v) is 15.6. The third-order valence-corrected chi connectivity index (χ3v) is 4.34. The summed E-state index contributed by atoms with van der Waals surface area (Å²) in [6.07, 6.45) is 1.80. The SMILES string of the molecule is CCCCOC(=O)c1ccc(NC(=O)Cn2nnc(-c3ccsc3)n2)cc1. The van der Waals surface area contributed by atoms with E-state index in [0.29, 0.717) is 23.7 Å². The van der Waals surface area contributed by atoms with Crippen molar-refractivity contribution in [1.82, 2.24) is 20.2 Å². The fourth-order valence-corrected chi connectivity index (χ4v) is 2.86. The van der Waals surface area contributed by atoms with Crippen molar-refractivity contribution in [2.24, 2.45) is 0 Å². The van der Waals surface area contributed by atoms with Crippen LogP contribution in [-0.4, -0.2) is 38.7 Å². The van der Waals surface area contributed by atoms with Gasteiger partial charge in [-0.15, -0.1) is 10.2 Å². The summed E-state index contributed by atoms with van der Waals surface area (Å²) in [6.45, 7) is 2.38. The minimum absolute atomic E-state index is 0.0576. The second-order valence-electron chi connectivity index (χ2n) is 5.77. The molecule has 3 aromatic rings. The van der Waals surface area contributed by atoms with Gasteiger partial charge in [-0.1, -0.05) is 13.3 Å². The predicted molar refractivity (Wildman–Crippen MR) is 101 cm³/mol. The molecule has 0 saturated carbocycles. The zero-order chi connectivity index (χ0) is 19.1. The van der Waals surface area contributed by atoms with Crippen molar-refractivity contribution in [3.8, 4) is 11.4 Å². The van der Waals surface area contributed by atoms with E-state index in [1.807, 2.05) is 23.8 Å². The van der Waals surface area contributed by atoms with E-state index in [2.05, 4.69) is 20.7 Å².